The zero-order valence-electron chi connectivity index (χ0n) is 18.2. The van der Waals surface area contributed by atoms with Gasteiger partial charge >= 0.3 is 0 Å². The summed E-state index contributed by atoms with van der Waals surface area (Å²) in [7, 11) is -3.63. The van der Waals surface area contributed by atoms with Crippen molar-refractivity contribution in [3.05, 3.63) is 45.6 Å². The van der Waals surface area contributed by atoms with E-state index < -0.39 is 10.0 Å². The summed E-state index contributed by atoms with van der Waals surface area (Å²) < 4.78 is 27.8. The van der Waals surface area contributed by atoms with Gasteiger partial charge in [-0.05, 0) is 79.8 Å². The fourth-order valence-electron chi connectivity index (χ4n) is 4.32. The maximum atomic E-state index is 13.2. The van der Waals surface area contributed by atoms with E-state index in [1.165, 1.54) is 14.7 Å². The third kappa shape index (κ3) is 5.05. The van der Waals surface area contributed by atoms with Gasteiger partial charge in [0.25, 0.3) is 0 Å². The topological polar surface area (TPSA) is 95.6 Å². The predicted octanol–water partition coefficient (Wildman–Crippen LogP) is 3.09. The molecule has 32 heavy (non-hydrogen) atoms. The molecule has 2 aromatic rings. The molecule has 2 aliphatic heterocycles. The maximum absolute atomic E-state index is 13.2. The highest BCUT2D eigenvalue weighted by Crippen LogP contribution is 2.29. The number of carbonyl (C=O) groups excluding carboxylic acids is 2. The lowest BCUT2D eigenvalue weighted by atomic mass is 9.97. The Labute approximate surface area is 193 Å². The number of nitrogens with zero attached hydrogens (tertiary/aromatic N) is 1. The molecule has 2 N–H and O–H groups in total. The lowest BCUT2D eigenvalue weighted by Crippen LogP contribution is -2.43. The van der Waals surface area contributed by atoms with E-state index in [1.54, 1.807) is 29.5 Å². The van der Waals surface area contributed by atoms with Gasteiger partial charge in [-0.1, -0.05) is 0 Å². The first kappa shape index (κ1) is 22.9. The summed E-state index contributed by atoms with van der Waals surface area (Å²) in [5, 5.41) is 7.91. The zero-order chi connectivity index (χ0) is 22.7. The van der Waals surface area contributed by atoms with Crippen LogP contribution in [0.4, 0.5) is 5.69 Å². The molecule has 0 radical (unpaired) electrons. The van der Waals surface area contributed by atoms with E-state index in [2.05, 4.69) is 29.0 Å². The van der Waals surface area contributed by atoms with Crippen LogP contribution in [0.3, 0.4) is 0 Å². The molecule has 0 saturated carbocycles. The third-order valence-electron chi connectivity index (χ3n) is 6.28. The van der Waals surface area contributed by atoms with E-state index in [-0.39, 0.29) is 22.6 Å². The van der Waals surface area contributed by atoms with E-state index >= 15 is 0 Å². The van der Waals surface area contributed by atoms with E-state index in [0.717, 1.165) is 12.0 Å². The Bertz CT molecular complexity index is 1100. The molecule has 0 bridgehead atoms. The van der Waals surface area contributed by atoms with Crippen molar-refractivity contribution in [3.63, 3.8) is 0 Å². The van der Waals surface area contributed by atoms with Gasteiger partial charge in [0.15, 0.2) is 0 Å². The Balaban J connectivity index is 1.33. The highest BCUT2D eigenvalue weighted by Gasteiger charge is 2.32. The van der Waals surface area contributed by atoms with Gasteiger partial charge in [0.1, 0.15) is 0 Å². The lowest BCUT2D eigenvalue weighted by Gasteiger charge is -2.30. The summed E-state index contributed by atoms with van der Waals surface area (Å²) in [5.74, 6) is -0.185. The van der Waals surface area contributed by atoms with Crippen LogP contribution in [0.15, 0.2) is 34.5 Å². The number of sulfonamides is 1. The smallest absolute Gasteiger partial charge is 0.243 e. The number of carbonyl (C=O) groups is 2. The number of anilines is 1. The Morgan fingerprint density at radius 3 is 2.72 bits per heavy atom. The number of hydrogen-bond acceptors (Lipinski definition) is 5. The van der Waals surface area contributed by atoms with Crippen LogP contribution >= 0.6 is 11.3 Å². The van der Waals surface area contributed by atoms with Crippen LogP contribution in [0.2, 0.25) is 0 Å². The number of amides is 2. The summed E-state index contributed by atoms with van der Waals surface area (Å²) in [6, 6.07) is 7.01. The van der Waals surface area contributed by atoms with Crippen LogP contribution in [-0.2, 0) is 32.5 Å². The van der Waals surface area contributed by atoms with Gasteiger partial charge in [0.05, 0.1) is 4.90 Å². The fraction of sp³-hybridized carbons (Fsp3) is 0.478. The predicted molar refractivity (Wildman–Crippen MR) is 125 cm³/mol. The van der Waals surface area contributed by atoms with E-state index in [0.29, 0.717) is 57.4 Å². The second-order valence-electron chi connectivity index (χ2n) is 8.47. The summed E-state index contributed by atoms with van der Waals surface area (Å²) >= 11 is 1.70. The van der Waals surface area contributed by atoms with Crippen LogP contribution in [0.5, 0.6) is 0 Å². The van der Waals surface area contributed by atoms with Gasteiger partial charge in [0.2, 0.25) is 21.8 Å². The highest BCUT2D eigenvalue weighted by atomic mass is 32.2. The van der Waals surface area contributed by atoms with Crippen LogP contribution < -0.4 is 10.6 Å². The van der Waals surface area contributed by atoms with Crippen molar-refractivity contribution >= 4 is 38.9 Å². The number of fused-ring (bicyclic) bond motifs is 1. The van der Waals surface area contributed by atoms with Gasteiger partial charge in [-0.25, -0.2) is 8.42 Å². The SMILES string of the molecule is Cc1ccsc1CCNC(=O)C1CCN(S(=O)(=O)c2ccc3c(c2)CCCC(=O)N3)CC1. The maximum Gasteiger partial charge on any atom is 0.243 e. The summed E-state index contributed by atoms with van der Waals surface area (Å²) in [5.41, 5.74) is 2.80. The number of hydrogen-bond donors (Lipinski definition) is 2. The largest absolute Gasteiger partial charge is 0.355 e. The second-order valence-corrected chi connectivity index (χ2v) is 11.4. The van der Waals surface area contributed by atoms with E-state index in [1.807, 2.05) is 0 Å². The van der Waals surface area contributed by atoms with Crippen LogP contribution in [0.1, 0.15) is 41.7 Å². The van der Waals surface area contributed by atoms with Crippen molar-refractivity contribution < 1.29 is 18.0 Å². The molecule has 0 atom stereocenters. The van der Waals surface area contributed by atoms with Crippen LogP contribution in [0, 0.1) is 12.8 Å². The Morgan fingerprint density at radius 1 is 1.22 bits per heavy atom. The second kappa shape index (κ2) is 9.72. The average molecular weight is 476 g/mol. The molecule has 0 aliphatic carbocycles. The summed E-state index contributed by atoms with van der Waals surface area (Å²) in [6.07, 6.45) is 3.67. The Morgan fingerprint density at radius 2 is 2.00 bits per heavy atom. The summed E-state index contributed by atoms with van der Waals surface area (Å²) in [4.78, 5) is 25.8. The minimum absolute atomic E-state index is 0.0111. The number of piperidine rings is 1. The average Bonchev–Trinajstić information content (AvgIpc) is 3.09. The molecule has 0 unspecified atom stereocenters. The van der Waals surface area contributed by atoms with Gasteiger partial charge in [-0.15, -0.1) is 11.3 Å². The molecule has 3 heterocycles. The van der Waals surface area contributed by atoms with Gasteiger partial charge in [-0.2, -0.15) is 4.31 Å². The highest BCUT2D eigenvalue weighted by molar-refractivity contribution is 7.89. The fourth-order valence-corrected chi connectivity index (χ4v) is 6.75. The van der Waals surface area contributed by atoms with Gasteiger partial charge < -0.3 is 10.6 Å². The molecule has 1 saturated heterocycles. The number of rotatable bonds is 6. The monoisotopic (exact) mass is 475 g/mol. The molecule has 172 valence electrons. The molecule has 0 spiro atoms. The van der Waals surface area contributed by atoms with E-state index in [4.69, 9.17) is 0 Å². The molecular weight excluding hydrogens is 446 g/mol. The van der Waals surface area contributed by atoms with Crippen molar-refractivity contribution in [1.82, 2.24) is 9.62 Å². The summed E-state index contributed by atoms with van der Waals surface area (Å²) in [6.45, 7) is 3.34. The third-order valence-corrected chi connectivity index (χ3v) is 9.26. The lowest BCUT2D eigenvalue weighted by molar-refractivity contribution is -0.126. The van der Waals surface area contributed by atoms with Crippen molar-refractivity contribution in [2.75, 3.05) is 25.0 Å². The Kier molecular flexibility index (Phi) is 6.97. The van der Waals surface area contributed by atoms with Crippen LogP contribution in [0.25, 0.3) is 0 Å². The quantitative estimate of drug-likeness (QED) is 0.671. The van der Waals surface area contributed by atoms with Crippen molar-refractivity contribution in [2.24, 2.45) is 5.92 Å². The minimum atomic E-state index is -3.63. The molecule has 2 amide bonds. The number of benzene rings is 1. The standard InChI is InChI=1S/C23H29N3O4S2/c1-16-10-14-31-21(16)7-11-24-23(28)17-8-12-26(13-9-17)32(29,30)19-5-6-20-18(15-19)3-2-4-22(27)25-20/h5-6,10,14-15,17H,2-4,7-9,11-13H2,1H3,(H,24,28)(H,25,27). The van der Waals surface area contributed by atoms with Crippen molar-refractivity contribution in [3.8, 4) is 0 Å². The molecule has 1 fully saturated rings. The zero-order valence-corrected chi connectivity index (χ0v) is 19.9. The molecule has 4 rings (SSSR count). The molecular formula is C23H29N3O4S2. The number of aryl methyl sites for hydroxylation is 2. The number of nitrogens with one attached hydrogen (secondary N) is 2. The van der Waals surface area contributed by atoms with Crippen molar-refractivity contribution in [2.45, 2.75) is 50.3 Å². The molecule has 7 nitrogen and oxygen atoms in total. The van der Waals surface area contributed by atoms with Crippen LogP contribution in [-0.4, -0.2) is 44.2 Å². The normalized spacial score (nSPS) is 18.0. The molecule has 1 aromatic carbocycles. The minimum Gasteiger partial charge on any atom is -0.355 e. The Hall–Kier alpha value is -2.23. The molecule has 9 heteroatoms. The first-order chi connectivity index (χ1) is 15.3. The number of thiophene rings is 1. The van der Waals surface area contributed by atoms with E-state index in [9.17, 15) is 18.0 Å². The molecule has 1 aromatic heterocycles. The first-order valence-electron chi connectivity index (χ1n) is 11.1. The van der Waals surface area contributed by atoms with Gasteiger partial charge in [0, 0.05) is 42.5 Å². The van der Waals surface area contributed by atoms with Crippen molar-refractivity contribution in [1.29, 1.82) is 0 Å². The first-order valence-corrected chi connectivity index (χ1v) is 13.4. The van der Waals surface area contributed by atoms with Gasteiger partial charge in [-0.3, -0.25) is 9.59 Å². The molecule has 2 aliphatic rings.